The number of hydrogen-bond acceptors (Lipinski definition) is 3. The highest BCUT2D eigenvalue weighted by Gasteiger charge is 2.14. The van der Waals surface area contributed by atoms with Gasteiger partial charge >= 0.3 is 0 Å². The molecule has 0 aliphatic rings. The van der Waals surface area contributed by atoms with Crippen LogP contribution in [0, 0.1) is 12.7 Å². The number of anilines is 2. The Hall–Kier alpha value is -2.40. The number of nitrogens with one attached hydrogen (secondary N) is 2. The Morgan fingerprint density at radius 2 is 2.05 bits per heavy atom. The first-order chi connectivity index (χ1) is 10.5. The van der Waals surface area contributed by atoms with E-state index < -0.39 is 11.9 Å². The van der Waals surface area contributed by atoms with E-state index in [1.54, 1.807) is 50.2 Å². The van der Waals surface area contributed by atoms with Crippen LogP contribution in [0.3, 0.4) is 0 Å². The van der Waals surface area contributed by atoms with Gasteiger partial charge in [0.1, 0.15) is 11.9 Å². The van der Waals surface area contributed by atoms with Gasteiger partial charge in [-0.15, -0.1) is 0 Å². The van der Waals surface area contributed by atoms with Gasteiger partial charge in [0.25, 0.3) is 0 Å². The van der Waals surface area contributed by atoms with Gasteiger partial charge in [0.05, 0.1) is 12.3 Å². The van der Waals surface area contributed by atoms with E-state index in [4.69, 9.17) is 5.11 Å². The number of aryl methyl sites for hydroxylation is 1. The molecule has 0 aliphatic heterocycles. The molecule has 0 saturated heterocycles. The van der Waals surface area contributed by atoms with Crippen LogP contribution in [0.2, 0.25) is 0 Å². The number of carbonyl (C=O) groups excluding carboxylic acids is 1. The van der Waals surface area contributed by atoms with Crippen molar-refractivity contribution in [3.8, 4) is 0 Å². The van der Waals surface area contributed by atoms with Gasteiger partial charge in [-0.05, 0) is 49.2 Å². The topological polar surface area (TPSA) is 61.4 Å². The van der Waals surface area contributed by atoms with Crippen molar-refractivity contribution < 1.29 is 14.3 Å². The molecule has 0 aromatic heterocycles. The molecular weight excluding hydrogens is 283 g/mol. The molecule has 1 atom stereocenters. The number of halogens is 1. The Kier molecular flexibility index (Phi) is 5.12. The maximum Gasteiger partial charge on any atom is 0.246 e. The van der Waals surface area contributed by atoms with Gasteiger partial charge in [-0.3, -0.25) is 4.79 Å². The Balaban J connectivity index is 2.02. The minimum absolute atomic E-state index is 0.0648. The van der Waals surface area contributed by atoms with E-state index in [1.807, 2.05) is 0 Å². The van der Waals surface area contributed by atoms with Crippen molar-refractivity contribution in [3.05, 3.63) is 59.4 Å². The molecule has 5 heteroatoms. The van der Waals surface area contributed by atoms with Crippen LogP contribution in [0.25, 0.3) is 0 Å². The van der Waals surface area contributed by atoms with Gasteiger partial charge in [-0.1, -0.05) is 18.2 Å². The van der Waals surface area contributed by atoms with E-state index in [0.29, 0.717) is 0 Å². The SMILES string of the molecule is Cc1ccc(NC(=O)C(C)Nc2cccc(CO)c2)c(F)c1. The number of aliphatic hydroxyl groups excluding tert-OH is 1. The second-order valence-electron chi connectivity index (χ2n) is 5.20. The van der Waals surface area contributed by atoms with Crippen LogP contribution in [0.15, 0.2) is 42.5 Å². The molecule has 22 heavy (non-hydrogen) atoms. The van der Waals surface area contributed by atoms with E-state index in [9.17, 15) is 9.18 Å². The van der Waals surface area contributed by atoms with E-state index in [0.717, 1.165) is 16.8 Å². The lowest BCUT2D eigenvalue weighted by Crippen LogP contribution is -2.32. The summed E-state index contributed by atoms with van der Waals surface area (Å²) in [7, 11) is 0. The largest absolute Gasteiger partial charge is 0.392 e. The van der Waals surface area contributed by atoms with Crippen LogP contribution in [-0.4, -0.2) is 17.1 Å². The van der Waals surface area contributed by atoms with Crippen molar-refractivity contribution in [2.24, 2.45) is 0 Å². The van der Waals surface area contributed by atoms with Crippen LogP contribution in [0.1, 0.15) is 18.1 Å². The van der Waals surface area contributed by atoms with E-state index >= 15 is 0 Å². The van der Waals surface area contributed by atoms with Crippen molar-refractivity contribution in [2.45, 2.75) is 26.5 Å². The lowest BCUT2D eigenvalue weighted by atomic mass is 10.2. The van der Waals surface area contributed by atoms with Crippen LogP contribution in [-0.2, 0) is 11.4 Å². The number of aliphatic hydroxyl groups is 1. The molecule has 0 aliphatic carbocycles. The molecule has 0 heterocycles. The minimum atomic E-state index is -0.547. The molecule has 2 rings (SSSR count). The summed E-state index contributed by atoms with van der Waals surface area (Å²) in [5.41, 5.74) is 2.43. The third kappa shape index (κ3) is 4.05. The molecule has 0 saturated carbocycles. The second-order valence-corrected chi connectivity index (χ2v) is 5.20. The van der Waals surface area contributed by atoms with Crippen LogP contribution < -0.4 is 10.6 Å². The zero-order valence-corrected chi connectivity index (χ0v) is 12.6. The molecule has 2 aromatic carbocycles. The lowest BCUT2D eigenvalue weighted by Gasteiger charge is -2.16. The van der Waals surface area contributed by atoms with Gasteiger partial charge in [0.15, 0.2) is 0 Å². The summed E-state index contributed by atoms with van der Waals surface area (Å²) in [6.07, 6.45) is 0. The summed E-state index contributed by atoms with van der Waals surface area (Å²) in [6.45, 7) is 3.41. The highest BCUT2D eigenvalue weighted by Crippen LogP contribution is 2.16. The van der Waals surface area contributed by atoms with E-state index in [1.165, 1.54) is 6.07 Å². The summed E-state index contributed by atoms with van der Waals surface area (Å²) in [5.74, 6) is -0.792. The fourth-order valence-corrected chi connectivity index (χ4v) is 2.04. The Bertz CT molecular complexity index is 673. The number of benzene rings is 2. The maximum atomic E-state index is 13.7. The summed E-state index contributed by atoms with van der Waals surface area (Å²) in [6, 6.07) is 11.2. The Morgan fingerprint density at radius 3 is 2.73 bits per heavy atom. The summed E-state index contributed by atoms with van der Waals surface area (Å²) < 4.78 is 13.7. The first-order valence-corrected chi connectivity index (χ1v) is 7.03. The first-order valence-electron chi connectivity index (χ1n) is 7.03. The molecule has 0 fully saturated rings. The zero-order valence-electron chi connectivity index (χ0n) is 12.6. The molecule has 3 N–H and O–H groups in total. The van der Waals surface area contributed by atoms with Gasteiger partial charge in [0.2, 0.25) is 5.91 Å². The van der Waals surface area contributed by atoms with Gasteiger partial charge in [0, 0.05) is 5.69 Å². The molecule has 2 aromatic rings. The summed E-state index contributed by atoms with van der Waals surface area (Å²) in [4.78, 5) is 12.1. The fourth-order valence-electron chi connectivity index (χ4n) is 2.04. The molecule has 1 unspecified atom stereocenters. The molecule has 0 radical (unpaired) electrons. The predicted molar refractivity (Wildman–Crippen MR) is 85.2 cm³/mol. The lowest BCUT2D eigenvalue weighted by molar-refractivity contribution is -0.116. The van der Waals surface area contributed by atoms with Gasteiger partial charge in [-0.25, -0.2) is 4.39 Å². The molecule has 116 valence electrons. The smallest absolute Gasteiger partial charge is 0.246 e. The van der Waals surface area contributed by atoms with Gasteiger partial charge < -0.3 is 15.7 Å². The highest BCUT2D eigenvalue weighted by atomic mass is 19.1. The molecular formula is C17H19FN2O2. The zero-order chi connectivity index (χ0) is 16.1. The number of amides is 1. The second kappa shape index (κ2) is 7.04. The molecule has 0 bridgehead atoms. The number of carbonyl (C=O) groups is 1. The number of hydrogen-bond donors (Lipinski definition) is 3. The average Bonchev–Trinajstić information content (AvgIpc) is 2.50. The van der Waals surface area contributed by atoms with Crippen molar-refractivity contribution in [2.75, 3.05) is 10.6 Å². The molecule has 1 amide bonds. The van der Waals surface area contributed by atoms with Crippen molar-refractivity contribution in [3.63, 3.8) is 0 Å². The third-order valence-electron chi connectivity index (χ3n) is 3.27. The molecule has 0 spiro atoms. The predicted octanol–water partition coefficient (Wildman–Crippen LogP) is 3.07. The average molecular weight is 302 g/mol. The monoisotopic (exact) mass is 302 g/mol. The quantitative estimate of drug-likeness (QED) is 0.795. The van der Waals surface area contributed by atoms with Crippen LogP contribution in [0.5, 0.6) is 0 Å². The normalized spacial score (nSPS) is 11.8. The fraction of sp³-hybridized carbons (Fsp3) is 0.235. The van der Waals surface area contributed by atoms with Crippen molar-refractivity contribution in [1.29, 1.82) is 0 Å². The summed E-state index contributed by atoms with van der Waals surface area (Å²) in [5, 5.41) is 14.7. The Morgan fingerprint density at radius 1 is 1.27 bits per heavy atom. The molecule has 4 nitrogen and oxygen atoms in total. The maximum absolute atomic E-state index is 13.7. The van der Waals surface area contributed by atoms with E-state index in [2.05, 4.69) is 10.6 Å². The Labute approximate surface area is 129 Å². The van der Waals surface area contributed by atoms with Crippen LogP contribution in [0.4, 0.5) is 15.8 Å². The van der Waals surface area contributed by atoms with E-state index in [-0.39, 0.29) is 18.2 Å². The first kappa shape index (κ1) is 16.0. The standard InChI is InChI=1S/C17H19FN2O2/c1-11-6-7-16(15(18)8-11)20-17(22)12(2)19-14-5-3-4-13(9-14)10-21/h3-9,12,19,21H,10H2,1-2H3,(H,20,22). The number of rotatable bonds is 5. The van der Waals surface area contributed by atoms with Crippen molar-refractivity contribution >= 4 is 17.3 Å². The van der Waals surface area contributed by atoms with Gasteiger partial charge in [-0.2, -0.15) is 0 Å². The van der Waals surface area contributed by atoms with Crippen molar-refractivity contribution in [1.82, 2.24) is 0 Å². The minimum Gasteiger partial charge on any atom is -0.392 e. The highest BCUT2D eigenvalue weighted by molar-refractivity contribution is 5.96. The summed E-state index contributed by atoms with van der Waals surface area (Å²) >= 11 is 0. The van der Waals surface area contributed by atoms with Crippen LogP contribution >= 0.6 is 0 Å². The third-order valence-corrected chi connectivity index (χ3v) is 3.27.